The Kier molecular flexibility index (Phi) is 4.24. The first kappa shape index (κ1) is 8.22. The van der Waals surface area contributed by atoms with Crippen LogP contribution in [0.4, 0.5) is 0 Å². The van der Waals surface area contributed by atoms with Crippen molar-refractivity contribution < 1.29 is 0 Å². The Hall–Kier alpha value is 0.217. The molecule has 0 heterocycles. The highest BCUT2D eigenvalue weighted by Gasteiger charge is 1.96. The average molecular weight is 130 g/mol. The maximum Gasteiger partial charge on any atom is 0.0227 e. The van der Waals surface area contributed by atoms with Gasteiger partial charge in [0.1, 0.15) is 0 Å². The maximum absolute atomic E-state index is 2.34. The lowest BCUT2D eigenvalue weighted by Crippen LogP contribution is -1.98. The minimum atomic E-state index is 0.299. The fourth-order valence-electron chi connectivity index (χ4n) is 0.667. The highest BCUT2D eigenvalue weighted by Crippen LogP contribution is 2.06. The van der Waals surface area contributed by atoms with Gasteiger partial charge in [0.05, 0.1) is 0 Å². The van der Waals surface area contributed by atoms with E-state index in [1.807, 2.05) is 0 Å². The van der Waals surface area contributed by atoms with Crippen LogP contribution in [0.1, 0.15) is 27.7 Å². The minimum Gasteiger partial charge on any atom is -0.0657 e. The molecule has 0 rings (SSSR count). The van der Waals surface area contributed by atoms with Gasteiger partial charge in [0, 0.05) is 9.52 Å². The second kappa shape index (κ2) is 4.13. The maximum atomic E-state index is 2.34. The Bertz CT molecular complexity index is 40.3. The summed E-state index contributed by atoms with van der Waals surface area (Å²) in [5.41, 5.74) is 1.03. The van der Waals surface area contributed by atoms with E-state index in [1.54, 1.807) is 0 Å². The van der Waals surface area contributed by atoms with Crippen LogP contribution < -0.4 is 0 Å². The van der Waals surface area contributed by atoms with Crippen molar-refractivity contribution in [2.24, 2.45) is 5.92 Å². The van der Waals surface area contributed by atoms with Gasteiger partial charge in [-0.25, -0.2) is 0 Å². The molecule has 0 amide bonds. The molecule has 0 spiro atoms. The minimum absolute atomic E-state index is 0.299. The van der Waals surface area contributed by atoms with E-state index < -0.39 is 0 Å². The fourth-order valence-corrected chi connectivity index (χ4v) is 2.00. The van der Waals surface area contributed by atoms with Crippen LogP contribution in [-0.2, 0) is 0 Å². The molecule has 0 aliphatic heterocycles. The van der Waals surface area contributed by atoms with Crippen molar-refractivity contribution in [1.82, 2.24) is 0 Å². The molecular weight excluding hydrogens is 112 g/mol. The average Bonchev–Trinajstić information content (AvgIpc) is 1.61. The molecule has 0 aromatic carbocycles. The van der Waals surface area contributed by atoms with Crippen LogP contribution in [0.25, 0.3) is 0 Å². The molecule has 0 N–H and O–H groups in total. The first-order chi connectivity index (χ1) is 3.63. The molecule has 50 valence electrons. The molecule has 8 heavy (non-hydrogen) atoms. The van der Waals surface area contributed by atoms with E-state index in [2.05, 4.69) is 27.7 Å². The second-order valence-electron chi connectivity index (χ2n) is 3.37. The summed E-state index contributed by atoms with van der Waals surface area (Å²) in [6.45, 7) is 9.31. The molecule has 0 saturated carbocycles. The van der Waals surface area contributed by atoms with Crippen molar-refractivity contribution in [3.05, 3.63) is 0 Å². The quantitative estimate of drug-likeness (QED) is 0.513. The summed E-state index contributed by atoms with van der Waals surface area (Å²) < 4.78 is 0. The third-order valence-corrected chi connectivity index (χ3v) is 3.96. The van der Waals surface area contributed by atoms with E-state index >= 15 is 0 Å². The molecule has 0 saturated heterocycles. The number of rotatable bonds is 3. The Morgan fingerprint density at radius 3 is 1.75 bits per heavy atom. The fraction of sp³-hybridized carbons (Fsp3) is 1.00. The van der Waals surface area contributed by atoms with Crippen molar-refractivity contribution in [3.63, 3.8) is 0 Å². The third-order valence-electron chi connectivity index (χ3n) is 1.32. The molecule has 0 atom stereocenters. The van der Waals surface area contributed by atoms with Crippen molar-refractivity contribution in [2.75, 3.05) is 0 Å². The van der Waals surface area contributed by atoms with Crippen molar-refractivity contribution in [3.8, 4) is 0 Å². The van der Waals surface area contributed by atoms with Crippen LogP contribution in [0.5, 0.6) is 0 Å². The zero-order chi connectivity index (χ0) is 6.57. The summed E-state index contributed by atoms with van der Waals surface area (Å²) in [5, 5.41) is 0. The lowest BCUT2D eigenvalue weighted by Gasteiger charge is -2.04. The van der Waals surface area contributed by atoms with Gasteiger partial charge in [0.2, 0.25) is 0 Å². The van der Waals surface area contributed by atoms with Crippen molar-refractivity contribution in [1.29, 1.82) is 0 Å². The Balaban J connectivity index is 2.93. The Morgan fingerprint density at radius 2 is 1.62 bits per heavy atom. The van der Waals surface area contributed by atoms with E-state index in [-0.39, 0.29) is 0 Å². The van der Waals surface area contributed by atoms with Gasteiger partial charge < -0.3 is 0 Å². The molecule has 0 fully saturated rings. The zero-order valence-electron chi connectivity index (χ0n) is 6.57. The van der Waals surface area contributed by atoms with E-state index in [1.165, 1.54) is 6.04 Å². The van der Waals surface area contributed by atoms with Gasteiger partial charge in [-0.3, -0.25) is 0 Å². The summed E-state index contributed by atoms with van der Waals surface area (Å²) in [4.78, 5) is 0. The van der Waals surface area contributed by atoms with Crippen LogP contribution in [0.15, 0.2) is 0 Å². The van der Waals surface area contributed by atoms with Crippen LogP contribution in [-0.4, -0.2) is 9.52 Å². The van der Waals surface area contributed by atoms with Gasteiger partial charge in [-0.05, 0) is 5.92 Å². The molecule has 0 aromatic heterocycles. The first-order valence-electron chi connectivity index (χ1n) is 3.63. The number of hydrogen-bond acceptors (Lipinski definition) is 0. The Morgan fingerprint density at radius 1 is 1.12 bits per heavy atom. The van der Waals surface area contributed by atoms with E-state index in [0.717, 1.165) is 11.5 Å². The molecular formula is C7H18Si. The predicted molar refractivity (Wildman–Crippen MR) is 43.3 cm³/mol. The smallest absolute Gasteiger partial charge is 0.0227 e. The van der Waals surface area contributed by atoms with Gasteiger partial charge in [0.25, 0.3) is 0 Å². The summed E-state index contributed by atoms with van der Waals surface area (Å²) >= 11 is 0. The first-order valence-corrected chi connectivity index (χ1v) is 5.44. The van der Waals surface area contributed by atoms with Crippen molar-refractivity contribution >= 4 is 9.52 Å². The SMILES string of the molecule is CC(C)C[SiH2]C(C)C. The standard InChI is InChI=1S/C7H18Si/c1-6(2)5-8-7(3)4/h6-7H,5,8H2,1-4H3. The third kappa shape index (κ3) is 6.22. The summed E-state index contributed by atoms with van der Waals surface area (Å²) in [7, 11) is 0.299. The lowest BCUT2D eigenvalue weighted by atomic mass is 10.3. The normalized spacial score (nSPS) is 12.8. The van der Waals surface area contributed by atoms with Crippen molar-refractivity contribution in [2.45, 2.75) is 39.3 Å². The number of hydrogen-bond donors (Lipinski definition) is 0. The molecule has 0 aliphatic carbocycles. The molecule has 0 nitrogen and oxygen atoms in total. The van der Waals surface area contributed by atoms with Crippen LogP contribution >= 0.6 is 0 Å². The van der Waals surface area contributed by atoms with Gasteiger partial charge in [0.15, 0.2) is 0 Å². The monoisotopic (exact) mass is 130 g/mol. The summed E-state index contributed by atoms with van der Waals surface area (Å²) in [5.74, 6) is 0.948. The van der Waals surface area contributed by atoms with Gasteiger partial charge >= 0.3 is 0 Å². The molecule has 0 unspecified atom stereocenters. The van der Waals surface area contributed by atoms with Crippen LogP contribution in [0, 0.1) is 5.92 Å². The second-order valence-corrected chi connectivity index (χ2v) is 6.15. The van der Waals surface area contributed by atoms with Crippen LogP contribution in [0.2, 0.25) is 11.6 Å². The molecule has 0 aromatic rings. The zero-order valence-corrected chi connectivity index (χ0v) is 7.98. The van der Waals surface area contributed by atoms with Gasteiger partial charge in [-0.1, -0.05) is 39.3 Å². The van der Waals surface area contributed by atoms with Gasteiger partial charge in [-0.15, -0.1) is 0 Å². The van der Waals surface area contributed by atoms with Gasteiger partial charge in [-0.2, -0.15) is 0 Å². The predicted octanol–water partition coefficient (Wildman–Crippen LogP) is 2.06. The molecule has 1 heteroatoms. The van der Waals surface area contributed by atoms with E-state index in [0.29, 0.717) is 9.52 Å². The molecule has 0 radical (unpaired) electrons. The lowest BCUT2D eigenvalue weighted by molar-refractivity contribution is 0.725. The summed E-state index contributed by atoms with van der Waals surface area (Å²) in [6, 6.07) is 1.53. The summed E-state index contributed by atoms with van der Waals surface area (Å²) in [6.07, 6.45) is 0. The van der Waals surface area contributed by atoms with Crippen LogP contribution in [0.3, 0.4) is 0 Å². The largest absolute Gasteiger partial charge is 0.0657 e. The Labute approximate surface area is 55.5 Å². The highest BCUT2D eigenvalue weighted by molar-refractivity contribution is 6.37. The topological polar surface area (TPSA) is 0 Å². The molecule has 0 bridgehead atoms. The molecule has 0 aliphatic rings. The highest BCUT2D eigenvalue weighted by atomic mass is 28.2. The van der Waals surface area contributed by atoms with E-state index in [4.69, 9.17) is 0 Å². The van der Waals surface area contributed by atoms with E-state index in [9.17, 15) is 0 Å².